The summed E-state index contributed by atoms with van der Waals surface area (Å²) >= 11 is 0. The molecule has 1 aliphatic rings. The number of nitrogens with zero attached hydrogens (tertiary/aromatic N) is 1. The van der Waals surface area contributed by atoms with Crippen molar-refractivity contribution in [3.63, 3.8) is 0 Å². The van der Waals surface area contributed by atoms with Crippen molar-refractivity contribution in [2.75, 3.05) is 20.2 Å². The number of ether oxygens (including phenoxy) is 2. The first-order valence-electron chi connectivity index (χ1n) is 3.70. The topological polar surface area (TPSA) is 72.9 Å². The van der Waals surface area contributed by atoms with Gasteiger partial charge in [-0.2, -0.15) is 0 Å². The lowest BCUT2D eigenvalue weighted by Gasteiger charge is -2.09. The normalized spacial score (nSPS) is 15.9. The van der Waals surface area contributed by atoms with Gasteiger partial charge >= 0.3 is 18.0 Å². The van der Waals surface area contributed by atoms with Gasteiger partial charge in [-0.25, -0.2) is 9.59 Å². The van der Waals surface area contributed by atoms with Crippen LogP contribution in [0.25, 0.3) is 0 Å². The van der Waals surface area contributed by atoms with Crippen LogP contribution in [0.1, 0.15) is 6.42 Å². The number of rotatable bonds is 3. The van der Waals surface area contributed by atoms with Gasteiger partial charge in [0.15, 0.2) is 0 Å². The van der Waals surface area contributed by atoms with E-state index in [0.717, 1.165) is 4.90 Å². The molecule has 0 spiro atoms. The van der Waals surface area contributed by atoms with Crippen LogP contribution in [0.2, 0.25) is 0 Å². The fourth-order valence-corrected chi connectivity index (χ4v) is 0.913. The number of hydrogen-bond acceptors (Lipinski definition) is 5. The number of cyclic esters (lactones) is 2. The molecule has 1 rings (SSSR count). The first-order valence-corrected chi connectivity index (χ1v) is 3.70. The first kappa shape index (κ1) is 9.50. The van der Waals surface area contributed by atoms with Crippen LogP contribution in [-0.4, -0.2) is 43.1 Å². The third-order valence-electron chi connectivity index (χ3n) is 1.59. The highest BCUT2D eigenvalue weighted by Gasteiger charge is 2.29. The number of hydrogen-bond donors (Lipinski definition) is 0. The van der Waals surface area contributed by atoms with Crippen LogP contribution >= 0.6 is 0 Å². The van der Waals surface area contributed by atoms with Crippen molar-refractivity contribution < 1.29 is 23.9 Å². The van der Waals surface area contributed by atoms with Crippen molar-refractivity contribution in [3.8, 4) is 0 Å². The zero-order valence-corrected chi connectivity index (χ0v) is 7.11. The van der Waals surface area contributed by atoms with Crippen LogP contribution in [-0.2, 0) is 19.1 Å². The summed E-state index contributed by atoms with van der Waals surface area (Å²) in [5.41, 5.74) is 0. The Hall–Kier alpha value is -1.59. The standard InChI is InChI=1S/C7H9NO5/c1-12-5(9)2-3-8-4-6(10)13-7(8)11/h2-4H2,1H3. The van der Waals surface area contributed by atoms with Gasteiger partial charge < -0.3 is 9.47 Å². The molecule has 13 heavy (non-hydrogen) atoms. The first-order chi connectivity index (χ1) is 6.13. The summed E-state index contributed by atoms with van der Waals surface area (Å²) in [5, 5.41) is 0. The maximum Gasteiger partial charge on any atom is 0.418 e. The van der Waals surface area contributed by atoms with Crippen LogP contribution in [0.15, 0.2) is 0 Å². The molecule has 0 saturated carbocycles. The summed E-state index contributed by atoms with van der Waals surface area (Å²) in [6.07, 6.45) is -0.632. The predicted molar refractivity (Wildman–Crippen MR) is 39.7 cm³/mol. The Morgan fingerprint density at radius 3 is 2.77 bits per heavy atom. The molecular weight excluding hydrogens is 178 g/mol. The van der Waals surface area contributed by atoms with E-state index in [-0.39, 0.29) is 19.5 Å². The monoisotopic (exact) mass is 187 g/mol. The third-order valence-corrected chi connectivity index (χ3v) is 1.59. The molecule has 1 aliphatic heterocycles. The minimum atomic E-state index is -0.700. The minimum Gasteiger partial charge on any atom is -0.469 e. The lowest BCUT2D eigenvalue weighted by molar-refractivity contribution is -0.141. The Morgan fingerprint density at radius 1 is 1.62 bits per heavy atom. The highest BCUT2D eigenvalue weighted by Crippen LogP contribution is 2.05. The molecule has 0 aromatic carbocycles. The molecule has 1 amide bonds. The Labute approximate surface area is 74.4 Å². The molecule has 6 heteroatoms. The molecule has 1 heterocycles. The summed E-state index contributed by atoms with van der Waals surface area (Å²) in [5.74, 6) is -1.01. The smallest absolute Gasteiger partial charge is 0.418 e. The van der Waals surface area contributed by atoms with Crippen molar-refractivity contribution >= 4 is 18.0 Å². The van der Waals surface area contributed by atoms with Gasteiger partial charge in [0.1, 0.15) is 6.54 Å². The molecule has 0 aromatic rings. The average Bonchev–Trinajstić information content (AvgIpc) is 2.41. The fourth-order valence-electron chi connectivity index (χ4n) is 0.913. The molecule has 1 fully saturated rings. The van der Waals surface area contributed by atoms with Crippen molar-refractivity contribution in [2.45, 2.75) is 6.42 Å². The van der Waals surface area contributed by atoms with Gasteiger partial charge in [0.05, 0.1) is 13.5 Å². The van der Waals surface area contributed by atoms with Crippen LogP contribution < -0.4 is 0 Å². The number of carbonyl (C=O) groups excluding carboxylic acids is 3. The molecule has 0 aliphatic carbocycles. The van der Waals surface area contributed by atoms with Gasteiger partial charge in [-0.15, -0.1) is 0 Å². The largest absolute Gasteiger partial charge is 0.469 e. The summed E-state index contributed by atoms with van der Waals surface area (Å²) in [6.45, 7) is 0.0626. The molecule has 0 bridgehead atoms. The molecule has 0 radical (unpaired) electrons. The van der Waals surface area contributed by atoms with Crippen LogP contribution in [0.4, 0.5) is 4.79 Å². The zero-order valence-electron chi connectivity index (χ0n) is 7.11. The van der Waals surface area contributed by atoms with E-state index in [2.05, 4.69) is 9.47 Å². The molecule has 0 N–H and O–H groups in total. The van der Waals surface area contributed by atoms with Gasteiger partial charge in [-0.05, 0) is 0 Å². The van der Waals surface area contributed by atoms with Gasteiger partial charge in [0, 0.05) is 6.54 Å². The third kappa shape index (κ3) is 2.43. The summed E-state index contributed by atoms with van der Waals surface area (Å²) < 4.78 is 8.61. The van der Waals surface area contributed by atoms with E-state index in [0.29, 0.717) is 0 Å². The summed E-state index contributed by atoms with van der Waals surface area (Å²) in [7, 11) is 1.26. The second kappa shape index (κ2) is 3.88. The Kier molecular flexibility index (Phi) is 2.84. The van der Waals surface area contributed by atoms with Gasteiger partial charge in [-0.1, -0.05) is 0 Å². The van der Waals surface area contributed by atoms with Gasteiger partial charge in [0.25, 0.3) is 0 Å². The Bertz CT molecular complexity index is 249. The maximum absolute atomic E-state index is 10.8. The van der Waals surface area contributed by atoms with E-state index < -0.39 is 18.0 Å². The minimum absolute atomic E-state index is 0.0683. The molecule has 0 unspecified atom stereocenters. The number of carbonyl (C=O) groups is 3. The van der Waals surface area contributed by atoms with E-state index >= 15 is 0 Å². The van der Waals surface area contributed by atoms with Crippen molar-refractivity contribution in [1.29, 1.82) is 0 Å². The second-order valence-corrected chi connectivity index (χ2v) is 2.49. The molecule has 6 nitrogen and oxygen atoms in total. The predicted octanol–water partition coefficient (Wildman–Crippen LogP) is -0.472. The Balaban J connectivity index is 2.33. The van der Waals surface area contributed by atoms with E-state index in [1.165, 1.54) is 7.11 Å². The van der Waals surface area contributed by atoms with E-state index in [4.69, 9.17) is 0 Å². The van der Waals surface area contributed by atoms with E-state index in [1.54, 1.807) is 0 Å². The number of methoxy groups -OCH3 is 1. The quantitative estimate of drug-likeness (QED) is 0.441. The summed E-state index contributed by atoms with van der Waals surface area (Å²) in [4.78, 5) is 33.2. The maximum atomic E-state index is 10.8. The molecule has 0 aromatic heterocycles. The van der Waals surface area contributed by atoms with Crippen molar-refractivity contribution in [3.05, 3.63) is 0 Å². The number of amides is 1. The summed E-state index contributed by atoms with van der Waals surface area (Å²) in [6, 6.07) is 0. The van der Waals surface area contributed by atoms with Crippen molar-refractivity contribution in [2.24, 2.45) is 0 Å². The lowest BCUT2D eigenvalue weighted by Crippen LogP contribution is -2.27. The fraction of sp³-hybridized carbons (Fsp3) is 0.571. The molecule has 0 atom stereocenters. The zero-order chi connectivity index (χ0) is 9.84. The Morgan fingerprint density at radius 2 is 2.31 bits per heavy atom. The average molecular weight is 187 g/mol. The van der Waals surface area contributed by atoms with Gasteiger partial charge in [0.2, 0.25) is 0 Å². The lowest BCUT2D eigenvalue weighted by atomic mass is 10.4. The molecule has 1 saturated heterocycles. The molecular formula is C7H9NO5. The highest BCUT2D eigenvalue weighted by atomic mass is 16.6. The highest BCUT2D eigenvalue weighted by molar-refractivity contribution is 5.93. The number of esters is 2. The van der Waals surface area contributed by atoms with Crippen LogP contribution in [0, 0.1) is 0 Å². The van der Waals surface area contributed by atoms with Crippen LogP contribution in [0.3, 0.4) is 0 Å². The van der Waals surface area contributed by atoms with E-state index in [9.17, 15) is 14.4 Å². The van der Waals surface area contributed by atoms with Crippen molar-refractivity contribution in [1.82, 2.24) is 4.90 Å². The SMILES string of the molecule is COC(=O)CCN1CC(=O)OC1=O. The van der Waals surface area contributed by atoms with Gasteiger partial charge in [-0.3, -0.25) is 9.69 Å². The van der Waals surface area contributed by atoms with Crippen LogP contribution in [0.5, 0.6) is 0 Å². The molecule has 72 valence electrons. The van der Waals surface area contributed by atoms with E-state index in [1.807, 2.05) is 0 Å². The second-order valence-electron chi connectivity index (χ2n) is 2.49.